The SMILES string of the molecule is CCCCCCC(C)(CCCCC)c1ccc(C#N)nc1. The van der Waals surface area contributed by atoms with Crippen LogP contribution in [0.4, 0.5) is 0 Å². The average Bonchev–Trinajstić information content (AvgIpc) is 2.52. The van der Waals surface area contributed by atoms with Gasteiger partial charge in [0.25, 0.3) is 0 Å². The molecular formula is C19H30N2. The van der Waals surface area contributed by atoms with Gasteiger partial charge in [0.2, 0.25) is 0 Å². The number of pyridine rings is 1. The summed E-state index contributed by atoms with van der Waals surface area (Å²) < 4.78 is 0. The van der Waals surface area contributed by atoms with Gasteiger partial charge in [-0.05, 0) is 29.9 Å². The molecule has 21 heavy (non-hydrogen) atoms. The largest absolute Gasteiger partial charge is 0.245 e. The second kappa shape index (κ2) is 9.55. The molecule has 1 aromatic rings. The molecule has 0 aromatic carbocycles. The fraction of sp³-hybridized carbons (Fsp3) is 0.684. The van der Waals surface area contributed by atoms with Gasteiger partial charge < -0.3 is 0 Å². The van der Waals surface area contributed by atoms with Crippen molar-refractivity contribution >= 4 is 0 Å². The minimum atomic E-state index is 0.212. The standard InChI is InChI=1S/C19H30N2/c1-4-6-8-10-14-19(3,13-9-7-5-2)17-11-12-18(15-20)21-16-17/h11-12,16H,4-10,13-14H2,1-3H3. The van der Waals surface area contributed by atoms with Crippen LogP contribution >= 0.6 is 0 Å². The van der Waals surface area contributed by atoms with Crippen LogP contribution in [0.5, 0.6) is 0 Å². The fourth-order valence-electron chi connectivity index (χ4n) is 2.94. The molecule has 1 heterocycles. The zero-order valence-corrected chi connectivity index (χ0v) is 14.0. The van der Waals surface area contributed by atoms with Gasteiger partial charge in [-0.25, -0.2) is 4.98 Å². The molecule has 0 spiro atoms. The summed E-state index contributed by atoms with van der Waals surface area (Å²) in [5.74, 6) is 0. The normalized spacial score (nSPS) is 13.6. The third kappa shape index (κ3) is 5.87. The molecule has 0 saturated carbocycles. The highest BCUT2D eigenvalue weighted by Gasteiger charge is 2.26. The van der Waals surface area contributed by atoms with Crippen LogP contribution in [0.2, 0.25) is 0 Å². The van der Waals surface area contributed by atoms with Crippen molar-refractivity contribution in [3.8, 4) is 6.07 Å². The summed E-state index contributed by atoms with van der Waals surface area (Å²) >= 11 is 0. The van der Waals surface area contributed by atoms with Crippen LogP contribution in [0.1, 0.15) is 89.8 Å². The molecule has 0 aliphatic carbocycles. The highest BCUT2D eigenvalue weighted by molar-refractivity contribution is 5.28. The van der Waals surface area contributed by atoms with E-state index in [-0.39, 0.29) is 5.41 Å². The van der Waals surface area contributed by atoms with E-state index in [1.807, 2.05) is 12.3 Å². The van der Waals surface area contributed by atoms with Crippen molar-refractivity contribution in [2.24, 2.45) is 0 Å². The Kier molecular flexibility index (Phi) is 8.05. The van der Waals surface area contributed by atoms with Gasteiger partial charge in [-0.15, -0.1) is 0 Å². The Hall–Kier alpha value is -1.36. The van der Waals surface area contributed by atoms with Crippen LogP contribution in [-0.4, -0.2) is 4.98 Å². The Bertz CT molecular complexity index is 430. The third-order valence-corrected chi connectivity index (χ3v) is 4.49. The summed E-state index contributed by atoms with van der Waals surface area (Å²) in [4.78, 5) is 4.27. The number of unbranched alkanes of at least 4 members (excludes halogenated alkanes) is 5. The summed E-state index contributed by atoms with van der Waals surface area (Å²) in [6, 6.07) is 6.08. The molecule has 116 valence electrons. The molecular weight excluding hydrogens is 256 g/mol. The molecule has 1 atom stereocenters. The van der Waals surface area contributed by atoms with Crippen molar-refractivity contribution < 1.29 is 0 Å². The van der Waals surface area contributed by atoms with Crippen molar-refractivity contribution in [2.45, 2.75) is 84.0 Å². The summed E-state index contributed by atoms with van der Waals surface area (Å²) in [5.41, 5.74) is 2.03. The molecule has 0 fully saturated rings. The minimum absolute atomic E-state index is 0.212. The molecule has 1 rings (SSSR count). The molecule has 0 N–H and O–H groups in total. The second-order valence-electron chi connectivity index (χ2n) is 6.37. The Morgan fingerprint density at radius 2 is 1.62 bits per heavy atom. The number of nitriles is 1. The van der Waals surface area contributed by atoms with Gasteiger partial charge in [0.1, 0.15) is 11.8 Å². The predicted molar refractivity (Wildman–Crippen MR) is 89.2 cm³/mol. The van der Waals surface area contributed by atoms with Crippen LogP contribution in [0.3, 0.4) is 0 Å². The number of hydrogen-bond donors (Lipinski definition) is 0. The van der Waals surface area contributed by atoms with Crippen LogP contribution in [0, 0.1) is 11.3 Å². The van der Waals surface area contributed by atoms with E-state index in [9.17, 15) is 0 Å². The molecule has 2 nitrogen and oxygen atoms in total. The molecule has 2 heteroatoms. The predicted octanol–water partition coefficient (Wildman–Crippen LogP) is 5.76. The lowest BCUT2D eigenvalue weighted by Gasteiger charge is -2.30. The lowest BCUT2D eigenvalue weighted by atomic mass is 9.75. The van der Waals surface area contributed by atoms with E-state index in [1.165, 1.54) is 63.4 Å². The second-order valence-corrected chi connectivity index (χ2v) is 6.37. The first-order chi connectivity index (χ1) is 10.2. The first kappa shape index (κ1) is 17.7. The molecule has 0 amide bonds. The summed E-state index contributed by atoms with van der Waals surface area (Å²) in [6.07, 6.45) is 13.4. The van der Waals surface area contributed by atoms with Gasteiger partial charge in [0, 0.05) is 6.20 Å². The van der Waals surface area contributed by atoms with Gasteiger partial charge in [-0.1, -0.05) is 71.8 Å². The zero-order chi connectivity index (χ0) is 15.6. The van der Waals surface area contributed by atoms with E-state index in [1.54, 1.807) is 0 Å². The zero-order valence-electron chi connectivity index (χ0n) is 14.0. The number of aromatic nitrogens is 1. The minimum Gasteiger partial charge on any atom is -0.245 e. The Morgan fingerprint density at radius 1 is 1.00 bits per heavy atom. The van der Waals surface area contributed by atoms with Crippen LogP contribution in [0.25, 0.3) is 0 Å². The maximum atomic E-state index is 8.89. The maximum absolute atomic E-state index is 8.89. The lowest BCUT2D eigenvalue weighted by molar-refractivity contribution is 0.365. The summed E-state index contributed by atoms with van der Waals surface area (Å²) in [7, 11) is 0. The molecule has 1 aromatic heterocycles. The first-order valence-corrected chi connectivity index (χ1v) is 8.53. The van der Waals surface area contributed by atoms with E-state index in [0.29, 0.717) is 5.69 Å². The first-order valence-electron chi connectivity index (χ1n) is 8.53. The molecule has 0 aliphatic heterocycles. The van der Waals surface area contributed by atoms with Crippen LogP contribution < -0.4 is 0 Å². The quantitative estimate of drug-likeness (QED) is 0.512. The van der Waals surface area contributed by atoms with Crippen molar-refractivity contribution in [1.82, 2.24) is 4.98 Å². The molecule has 0 bridgehead atoms. The van der Waals surface area contributed by atoms with Crippen molar-refractivity contribution in [3.05, 3.63) is 29.6 Å². The van der Waals surface area contributed by atoms with E-state index >= 15 is 0 Å². The summed E-state index contributed by atoms with van der Waals surface area (Å²) in [6.45, 7) is 6.88. The van der Waals surface area contributed by atoms with Crippen molar-refractivity contribution in [3.63, 3.8) is 0 Å². The van der Waals surface area contributed by atoms with Crippen LogP contribution in [0.15, 0.2) is 18.3 Å². The highest BCUT2D eigenvalue weighted by Crippen LogP contribution is 2.35. The Balaban J connectivity index is 2.75. The van der Waals surface area contributed by atoms with E-state index in [0.717, 1.165) is 0 Å². The number of nitrogens with zero attached hydrogens (tertiary/aromatic N) is 2. The van der Waals surface area contributed by atoms with Crippen LogP contribution in [-0.2, 0) is 5.41 Å². The molecule has 1 unspecified atom stereocenters. The van der Waals surface area contributed by atoms with Gasteiger partial charge in [0.05, 0.1) is 0 Å². The summed E-state index contributed by atoms with van der Waals surface area (Å²) in [5, 5.41) is 8.89. The van der Waals surface area contributed by atoms with E-state index < -0.39 is 0 Å². The van der Waals surface area contributed by atoms with Gasteiger partial charge >= 0.3 is 0 Å². The van der Waals surface area contributed by atoms with E-state index in [2.05, 4.69) is 37.9 Å². The third-order valence-electron chi connectivity index (χ3n) is 4.49. The number of hydrogen-bond acceptors (Lipinski definition) is 2. The van der Waals surface area contributed by atoms with Gasteiger partial charge in [-0.2, -0.15) is 5.26 Å². The molecule has 0 saturated heterocycles. The number of rotatable bonds is 10. The van der Waals surface area contributed by atoms with E-state index in [4.69, 9.17) is 5.26 Å². The smallest absolute Gasteiger partial charge is 0.140 e. The Labute approximate surface area is 130 Å². The topological polar surface area (TPSA) is 36.7 Å². The average molecular weight is 286 g/mol. The Morgan fingerprint density at radius 3 is 2.14 bits per heavy atom. The maximum Gasteiger partial charge on any atom is 0.140 e. The van der Waals surface area contributed by atoms with Crippen molar-refractivity contribution in [2.75, 3.05) is 0 Å². The monoisotopic (exact) mass is 286 g/mol. The lowest BCUT2D eigenvalue weighted by Crippen LogP contribution is -2.22. The van der Waals surface area contributed by atoms with Gasteiger partial charge in [-0.3, -0.25) is 0 Å². The molecule has 0 radical (unpaired) electrons. The van der Waals surface area contributed by atoms with Crippen molar-refractivity contribution in [1.29, 1.82) is 5.26 Å². The molecule has 0 aliphatic rings. The van der Waals surface area contributed by atoms with Gasteiger partial charge in [0.15, 0.2) is 0 Å². The highest BCUT2D eigenvalue weighted by atomic mass is 14.7. The fourth-order valence-corrected chi connectivity index (χ4v) is 2.94.